The Kier molecular flexibility index (Phi) is 2.45. The lowest BCUT2D eigenvalue weighted by molar-refractivity contribution is 0.457. The van der Waals surface area contributed by atoms with Crippen LogP contribution in [0.25, 0.3) is 0 Å². The Bertz CT molecular complexity index is 432. The maximum atomic E-state index is 12.8. The van der Waals surface area contributed by atoms with Crippen molar-refractivity contribution in [1.29, 1.82) is 0 Å². The predicted octanol–water partition coefficient (Wildman–Crippen LogP) is 1.99. The van der Waals surface area contributed by atoms with Crippen LogP contribution in [0.2, 0.25) is 0 Å². The van der Waals surface area contributed by atoms with Crippen molar-refractivity contribution < 1.29 is 9.13 Å². The van der Waals surface area contributed by atoms with E-state index in [0.717, 1.165) is 0 Å². The van der Waals surface area contributed by atoms with Crippen molar-refractivity contribution in [2.24, 2.45) is 0 Å². The topological polar surface area (TPSA) is 61.0 Å². The van der Waals surface area contributed by atoms with Crippen molar-refractivity contribution >= 4 is 5.82 Å². The molecule has 0 aliphatic rings. The van der Waals surface area contributed by atoms with E-state index in [1.807, 2.05) is 0 Å². The summed E-state index contributed by atoms with van der Waals surface area (Å²) in [5, 5.41) is 0. The summed E-state index contributed by atoms with van der Waals surface area (Å²) in [5.41, 5.74) is 5.44. The van der Waals surface area contributed by atoms with Crippen molar-refractivity contribution in [3.63, 3.8) is 0 Å². The molecule has 0 fully saturated rings. The van der Waals surface area contributed by atoms with Crippen LogP contribution < -0.4 is 10.5 Å². The van der Waals surface area contributed by atoms with Crippen molar-refractivity contribution in [2.45, 2.75) is 0 Å². The highest BCUT2D eigenvalue weighted by atomic mass is 19.1. The van der Waals surface area contributed by atoms with E-state index in [4.69, 9.17) is 10.5 Å². The van der Waals surface area contributed by atoms with Crippen molar-refractivity contribution in [3.05, 3.63) is 42.5 Å². The van der Waals surface area contributed by atoms with Gasteiger partial charge in [-0.3, -0.25) is 0 Å². The molecule has 1 aromatic heterocycles. The normalized spacial score (nSPS) is 9.93. The number of nitrogen functional groups attached to an aromatic ring is 1. The Hall–Kier alpha value is -2.17. The van der Waals surface area contributed by atoms with Crippen LogP contribution in [0.3, 0.4) is 0 Å². The molecule has 5 heteroatoms. The van der Waals surface area contributed by atoms with Gasteiger partial charge < -0.3 is 10.5 Å². The number of aromatic nitrogens is 2. The highest BCUT2D eigenvalue weighted by Crippen LogP contribution is 2.20. The number of hydrogen-bond acceptors (Lipinski definition) is 4. The number of nitrogens with zero attached hydrogens (tertiary/aromatic N) is 2. The number of nitrogens with two attached hydrogens (primary N) is 1. The van der Waals surface area contributed by atoms with E-state index in [0.29, 0.717) is 11.6 Å². The fourth-order valence-electron chi connectivity index (χ4n) is 1.06. The van der Waals surface area contributed by atoms with Gasteiger partial charge in [0.2, 0.25) is 5.88 Å². The molecule has 2 N–H and O–H groups in total. The minimum atomic E-state index is -0.366. The molecule has 0 spiro atoms. The lowest BCUT2D eigenvalue weighted by atomic mass is 10.3. The van der Waals surface area contributed by atoms with Crippen molar-refractivity contribution in [3.8, 4) is 11.6 Å². The van der Waals surface area contributed by atoms with Gasteiger partial charge in [-0.25, -0.2) is 14.4 Å². The standard InChI is InChI=1S/C10H8FN3O/c11-7-2-1-3-8(4-7)15-10-5-9(12)13-6-14-10/h1-6H,(H2,12,13,14). The molecule has 1 aromatic carbocycles. The van der Waals surface area contributed by atoms with Gasteiger partial charge in [0.1, 0.15) is 23.7 Å². The van der Waals surface area contributed by atoms with Crippen LogP contribution in [0.15, 0.2) is 36.7 Å². The first-order chi connectivity index (χ1) is 7.24. The first kappa shape index (κ1) is 9.39. The third-order valence-electron chi connectivity index (χ3n) is 1.68. The predicted molar refractivity (Wildman–Crippen MR) is 52.9 cm³/mol. The van der Waals surface area contributed by atoms with Crippen LogP contribution in [0, 0.1) is 5.82 Å². The zero-order valence-corrected chi connectivity index (χ0v) is 7.72. The summed E-state index contributed by atoms with van der Waals surface area (Å²) in [6.45, 7) is 0. The van der Waals surface area contributed by atoms with Crippen LogP contribution in [0.5, 0.6) is 11.6 Å². The van der Waals surface area contributed by atoms with Crippen LogP contribution in [-0.2, 0) is 0 Å². The summed E-state index contributed by atoms with van der Waals surface area (Å²) < 4.78 is 18.1. The summed E-state index contributed by atoms with van der Waals surface area (Å²) >= 11 is 0. The molecule has 0 radical (unpaired) electrons. The van der Waals surface area contributed by atoms with E-state index in [1.165, 1.54) is 24.5 Å². The average molecular weight is 205 g/mol. The Morgan fingerprint density at radius 2 is 2.07 bits per heavy atom. The molecule has 2 rings (SSSR count). The van der Waals surface area contributed by atoms with Crippen LogP contribution in [-0.4, -0.2) is 9.97 Å². The molecule has 0 saturated heterocycles. The van der Waals surface area contributed by atoms with Gasteiger partial charge in [-0.05, 0) is 12.1 Å². The largest absolute Gasteiger partial charge is 0.439 e. The number of ether oxygens (including phenoxy) is 1. The number of anilines is 1. The zero-order valence-electron chi connectivity index (χ0n) is 7.72. The quantitative estimate of drug-likeness (QED) is 0.814. The van der Waals surface area contributed by atoms with Crippen LogP contribution in [0.1, 0.15) is 0 Å². The molecule has 0 aliphatic carbocycles. The van der Waals surface area contributed by atoms with E-state index >= 15 is 0 Å². The lowest BCUT2D eigenvalue weighted by Crippen LogP contribution is -1.93. The molecule has 4 nitrogen and oxygen atoms in total. The van der Waals surface area contributed by atoms with E-state index in [-0.39, 0.29) is 11.7 Å². The third-order valence-corrected chi connectivity index (χ3v) is 1.68. The molecule has 0 aliphatic heterocycles. The molecular weight excluding hydrogens is 197 g/mol. The fourth-order valence-corrected chi connectivity index (χ4v) is 1.06. The molecule has 0 amide bonds. The molecule has 1 heterocycles. The summed E-state index contributed by atoms with van der Waals surface area (Å²) in [6, 6.07) is 7.24. The van der Waals surface area contributed by atoms with E-state index in [9.17, 15) is 4.39 Å². The molecular formula is C10H8FN3O. The molecule has 0 bridgehead atoms. The number of halogens is 1. The monoisotopic (exact) mass is 205 g/mol. The Balaban J connectivity index is 2.22. The molecule has 0 saturated carbocycles. The third kappa shape index (κ3) is 2.40. The van der Waals surface area contributed by atoms with Gasteiger partial charge in [-0.1, -0.05) is 6.07 Å². The minimum Gasteiger partial charge on any atom is -0.439 e. The van der Waals surface area contributed by atoms with E-state index in [2.05, 4.69) is 9.97 Å². The van der Waals surface area contributed by atoms with Crippen LogP contribution in [0.4, 0.5) is 10.2 Å². The number of benzene rings is 1. The summed E-state index contributed by atoms with van der Waals surface area (Å²) in [6.07, 6.45) is 1.28. The van der Waals surface area contributed by atoms with E-state index < -0.39 is 0 Å². The van der Waals surface area contributed by atoms with Gasteiger partial charge in [0.25, 0.3) is 0 Å². The zero-order chi connectivity index (χ0) is 10.7. The maximum Gasteiger partial charge on any atom is 0.224 e. The molecule has 76 valence electrons. The maximum absolute atomic E-state index is 12.8. The second-order valence-electron chi connectivity index (χ2n) is 2.84. The minimum absolute atomic E-state index is 0.285. The number of rotatable bonds is 2. The first-order valence-corrected chi connectivity index (χ1v) is 4.25. The number of hydrogen-bond donors (Lipinski definition) is 1. The van der Waals surface area contributed by atoms with E-state index in [1.54, 1.807) is 12.1 Å². The van der Waals surface area contributed by atoms with Crippen LogP contribution >= 0.6 is 0 Å². The highest BCUT2D eigenvalue weighted by Gasteiger charge is 2.00. The molecule has 15 heavy (non-hydrogen) atoms. The van der Waals surface area contributed by atoms with Crippen molar-refractivity contribution in [1.82, 2.24) is 9.97 Å². The molecule has 0 atom stereocenters. The van der Waals surface area contributed by atoms with Gasteiger partial charge in [0, 0.05) is 12.1 Å². The first-order valence-electron chi connectivity index (χ1n) is 4.25. The SMILES string of the molecule is Nc1cc(Oc2cccc(F)c2)ncn1. The molecule has 0 unspecified atom stereocenters. The summed E-state index contributed by atoms with van der Waals surface area (Å²) in [4.78, 5) is 7.54. The summed E-state index contributed by atoms with van der Waals surface area (Å²) in [5.74, 6) is 0.590. The fraction of sp³-hybridized carbons (Fsp3) is 0. The second-order valence-corrected chi connectivity index (χ2v) is 2.84. The average Bonchev–Trinajstić information content (AvgIpc) is 2.17. The van der Waals surface area contributed by atoms with Gasteiger partial charge in [0.05, 0.1) is 0 Å². The smallest absolute Gasteiger partial charge is 0.224 e. The Morgan fingerprint density at radius 3 is 2.80 bits per heavy atom. The summed E-state index contributed by atoms with van der Waals surface area (Å²) in [7, 11) is 0. The van der Waals surface area contributed by atoms with Gasteiger partial charge in [-0.2, -0.15) is 0 Å². The Morgan fingerprint density at radius 1 is 1.20 bits per heavy atom. The molecule has 2 aromatic rings. The van der Waals surface area contributed by atoms with Gasteiger partial charge in [-0.15, -0.1) is 0 Å². The lowest BCUT2D eigenvalue weighted by Gasteiger charge is -2.03. The second kappa shape index (κ2) is 3.91. The highest BCUT2D eigenvalue weighted by molar-refractivity contribution is 5.34. The van der Waals surface area contributed by atoms with Crippen molar-refractivity contribution in [2.75, 3.05) is 5.73 Å². The van der Waals surface area contributed by atoms with Gasteiger partial charge in [0.15, 0.2) is 0 Å². The van der Waals surface area contributed by atoms with Gasteiger partial charge >= 0.3 is 0 Å². The Labute approximate surface area is 85.5 Å².